The van der Waals surface area contributed by atoms with Crippen molar-refractivity contribution in [3.8, 4) is 0 Å². The second-order valence-electron chi connectivity index (χ2n) is 5.21. The average molecular weight is 258 g/mol. The Morgan fingerprint density at radius 1 is 1.21 bits per heavy atom. The number of carbonyl (C=O) groups is 2. The van der Waals surface area contributed by atoms with Crippen LogP contribution in [0.5, 0.6) is 0 Å². The molecule has 0 N–H and O–H groups in total. The van der Waals surface area contributed by atoms with Crippen molar-refractivity contribution in [2.24, 2.45) is 5.92 Å². The van der Waals surface area contributed by atoms with Gasteiger partial charge in [-0.1, -0.05) is 51.6 Å². The molecule has 0 heterocycles. The van der Waals surface area contributed by atoms with Crippen LogP contribution in [0.2, 0.25) is 0 Å². The van der Waals surface area contributed by atoms with Crippen molar-refractivity contribution in [3.63, 3.8) is 0 Å². The number of Topliss-reactive ketones (excluding diaryl/α,β-unsaturated/α-hetero) is 2. The fraction of sp³-hybridized carbons (Fsp3) is 0.412. The van der Waals surface area contributed by atoms with Crippen molar-refractivity contribution in [3.05, 3.63) is 47.5 Å². The van der Waals surface area contributed by atoms with Gasteiger partial charge in [0, 0.05) is 5.56 Å². The van der Waals surface area contributed by atoms with E-state index in [1.54, 1.807) is 12.1 Å². The van der Waals surface area contributed by atoms with E-state index in [1.807, 2.05) is 19.1 Å². The summed E-state index contributed by atoms with van der Waals surface area (Å²) in [5.41, 5.74) is 1.85. The Labute approximate surface area is 115 Å². The fourth-order valence-electron chi connectivity index (χ4n) is 1.91. The van der Waals surface area contributed by atoms with E-state index in [2.05, 4.69) is 20.4 Å². The van der Waals surface area contributed by atoms with Crippen LogP contribution >= 0.6 is 0 Å². The molecular weight excluding hydrogens is 236 g/mol. The second-order valence-corrected chi connectivity index (χ2v) is 5.21. The van der Waals surface area contributed by atoms with Crippen LogP contribution in [-0.2, 0) is 11.2 Å². The highest BCUT2D eigenvalue weighted by Crippen LogP contribution is 2.16. The lowest BCUT2D eigenvalue weighted by Crippen LogP contribution is -2.18. The minimum absolute atomic E-state index is 0.421. The molecule has 0 radical (unpaired) electrons. The third kappa shape index (κ3) is 4.16. The predicted octanol–water partition coefficient (Wildman–Crippen LogP) is 3.99. The number of rotatable bonds is 7. The van der Waals surface area contributed by atoms with Gasteiger partial charge in [-0.15, -0.1) is 0 Å². The van der Waals surface area contributed by atoms with Gasteiger partial charge in [0.25, 0.3) is 0 Å². The summed E-state index contributed by atoms with van der Waals surface area (Å²) in [5.74, 6) is -0.365. The number of benzene rings is 1. The van der Waals surface area contributed by atoms with E-state index in [0.29, 0.717) is 23.5 Å². The van der Waals surface area contributed by atoms with Crippen LogP contribution in [0.1, 0.15) is 49.5 Å². The molecule has 1 aromatic rings. The molecule has 1 rings (SSSR count). The fourth-order valence-corrected chi connectivity index (χ4v) is 1.91. The highest BCUT2D eigenvalue weighted by atomic mass is 16.2. The Morgan fingerprint density at radius 2 is 1.84 bits per heavy atom. The molecule has 1 aromatic carbocycles. The molecule has 0 aliphatic carbocycles. The van der Waals surface area contributed by atoms with Gasteiger partial charge in [0.15, 0.2) is 0 Å². The van der Waals surface area contributed by atoms with E-state index in [0.717, 1.165) is 18.4 Å². The minimum Gasteiger partial charge on any atom is -0.285 e. The zero-order valence-corrected chi connectivity index (χ0v) is 12.0. The molecule has 102 valence electrons. The molecule has 0 amide bonds. The summed E-state index contributed by atoms with van der Waals surface area (Å²) >= 11 is 0. The summed E-state index contributed by atoms with van der Waals surface area (Å²) in [5, 5.41) is 0. The monoisotopic (exact) mass is 258 g/mol. The van der Waals surface area contributed by atoms with Crippen LogP contribution in [0.3, 0.4) is 0 Å². The molecule has 0 aromatic heterocycles. The lowest BCUT2D eigenvalue weighted by molar-refractivity contribution is -0.112. The van der Waals surface area contributed by atoms with Crippen LogP contribution in [-0.4, -0.2) is 11.6 Å². The molecule has 19 heavy (non-hydrogen) atoms. The second kappa shape index (κ2) is 7.03. The predicted molar refractivity (Wildman–Crippen MR) is 78.4 cm³/mol. The number of hydrogen-bond acceptors (Lipinski definition) is 2. The summed E-state index contributed by atoms with van der Waals surface area (Å²) in [4.78, 5) is 24.3. The van der Waals surface area contributed by atoms with Gasteiger partial charge in [0.1, 0.15) is 0 Å². The first-order chi connectivity index (χ1) is 8.97. The summed E-state index contributed by atoms with van der Waals surface area (Å²) < 4.78 is 0. The zero-order valence-electron chi connectivity index (χ0n) is 12.0. The van der Waals surface area contributed by atoms with Crippen LogP contribution in [0, 0.1) is 5.92 Å². The van der Waals surface area contributed by atoms with Crippen LogP contribution in [0.25, 0.3) is 0 Å². The first-order valence-corrected chi connectivity index (χ1v) is 6.82. The lowest BCUT2D eigenvalue weighted by atomic mass is 9.94. The molecular formula is C17H22O2. The first kappa shape index (κ1) is 15.4. The first-order valence-electron chi connectivity index (χ1n) is 6.82. The number of ketones is 2. The SMILES string of the molecule is C=C(CCC(C)C)C(=O)C(=O)c1ccccc1CC. The van der Waals surface area contributed by atoms with Gasteiger partial charge in [-0.2, -0.15) is 0 Å². The van der Waals surface area contributed by atoms with Crippen LogP contribution in [0.15, 0.2) is 36.4 Å². The van der Waals surface area contributed by atoms with Crippen molar-refractivity contribution in [1.29, 1.82) is 0 Å². The van der Waals surface area contributed by atoms with E-state index in [9.17, 15) is 9.59 Å². The van der Waals surface area contributed by atoms with Gasteiger partial charge in [-0.25, -0.2) is 0 Å². The smallest absolute Gasteiger partial charge is 0.233 e. The Morgan fingerprint density at radius 3 is 2.42 bits per heavy atom. The number of hydrogen-bond donors (Lipinski definition) is 0. The van der Waals surface area contributed by atoms with E-state index < -0.39 is 11.6 Å². The van der Waals surface area contributed by atoms with Crippen molar-refractivity contribution < 1.29 is 9.59 Å². The van der Waals surface area contributed by atoms with Gasteiger partial charge in [-0.05, 0) is 36.3 Å². The van der Waals surface area contributed by atoms with Gasteiger partial charge < -0.3 is 0 Å². The van der Waals surface area contributed by atoms with Gasteiger partial charge in [0.05, 0.1) is 0 Å². The zero-order chi connectivity index (χ0) is 14.4. The summed E-state index contributed by atoms with van der Waals surface area (Å²) in [6.07, 6.45) is 2.22. The topological polar surface area (TPSA) is 34.1 Å². The Hall–Kier alpha value is -1.70. The molecule has 0 aliphatic heterocycles. The maximum Gasteiger partial charge on any atom is 0.233 e. The van der Waals surface area contributed by atoms with Crippen molar-refractivity contribution in [2.75, 3.05) is 0 Å². The molecule has 0 saturated carbocycles. The molecule has 0 saturated heterocycles. The third-order valence-electron chi connectivity index (χ3n) is 3.19. The van der Waals surface area contributed by atoms with E-state index in [-0.39, 0.29) is 0 Å². The molecule has 0 bridgehead atoms. The Kier molecular flexibility index (Phi) is 5.68. The summed E-state index contributed by atoms with van der Waals surface area (Å²) in [6.45, 7) is 9.91. The minimum atomic E-state index is -0.443. The molecule has 0 atom stereocenters. The highest BCUT2D eigenvalue weighted by molar-refractivity contribution is 6.49. The maximum absolute atomic E-state index is 12.2. The maximum atomic E-state index is 12.2. The molecule has 0 fully saturated rings. The van der Waals surface area contributed by atoms with E-state index in [1.165, 1.54) is 0 Å². The Bertz CT molecular complexity index is 484. The Balaban J connectivity index is 2.82. The molecule has 0 spiro atoms. The van der Waals surface area contributed by atoms with Crippen LogP contribution < -0.4 is 0 Å². The molecule has 0 aliphatic rings. The third-order valence-corrected chi connectivity index (χ3v) is 3.19. The van der Waals surface area contributed by atoms with Gasteiger partial charge in [-0.3, -0.25) is 9.59 Å². The molecule has 2 nitrogen and oxygen atoms in total. The van der Waals surface area contributed by atoms with Crippen molar-refractivity contribution in [2.45, 2.75) is 40.0 Å². The quantitative estimate of drug-likeness (QED) is 0.421. The van der Waals surface area contributed by atoms with Gasteiger partial charge in [0.2, 0.25) is 11.6 Å². The standard InChI is InChI=1S/C17H22O2/c1-5-14-8-6-7-9-15(14)17(19)16(18)13(4)11-10-12(2)3/h6-9,12H,4-5,10-11H2,1-3H3. The van der Waals surface area contributed by atoms with Gasteiger partial charge >= 0.3 is 0 Å². The molecule has 0 unspecified atom stereocenters. The van der Waals surface area contributed by atoms with E-state index >= 15 is 0 Å². The molecule has 2 heteroatoms. The summed E-state index contributed by atoms with van der Waals surface area (Å²) in [7, 11) is 0. The average Bonchev–Trinajstić information content (AvgIpc) is 2.42. The number of allylic oxidation sites excluding steroid dienone is 1. The van der Waals surface area contributed by atoms with Crippen molar-refractivity contribution in [1.82, 2.24) is 0 Å². The van der Waals surface area contributed by atoms with Crippen molar-refractivity contribution >= 4 is 11.6 Å². The number of aryl methyl sites for hydroxylation is 1. The largest absolute Gasteiger partial charge is 0.285 e. The lowest BCUT2D eigenvalue weighted by Gasteiger charge is -2.08. The number of carbonyl (C=O) groups excluding carboxylic acids is 2. The normalized spacial score (nSPS) is 10.5. The summed E-state index contributed by atoms with van der Waals surface area (Å²) in [6, 6.07) is 7.27. The highest BCUT2D eigenvalue weighted by Gasteiger charge is 2.21. The van der Waals surface area contributed by atoms with Crippen LogP contribution in [0.4, 0.5) is 0 Å². The van der Waals surface area contributed by atoms with E-state index in [4.69, 9.17) is 0 Å².